The van der Waals surface area contributed by atoms with Gasteiger partial charge in [-0.1, -0.05) is 0 Å². The number of nitrogens with two attached hydrogens (primary N) is 1. The van der Waals surface area contributed by atoms with E-state index in [2.05, 4.69) is 12.6 Å². The fourth-order valence-corrected chi connectivity index (χ4v) is 1.18. The molecule has 13 heavy (non-hydrogen) atoms. The van der Waals surface area contributed by atoms with Crippen molar-refractivity contribution in [2.45, 2.75) is 17.9 Å². The molecular weight excluding hydrogens is 187 g/mol. The molecule has 0 amide bonds. The van der Waals surface area contributed by atoms with E-state index in [1.807, 2.05) is 0 Å². The van der Waals surface area contributed by atoms with Crippen LogP contribution in [0.4, 0.5) is 4.39 Å². The molecule has 0 fully saturated rings. The first kappa shape index (κ1) is 10.0. The summed E-state index contributed by atoms with van der Waals surface area (Å²) in [5.41, 5.74) is 6.42. The lowest BCUT2D eigenvalue weighted by molar-refractivity contribution is 0.599. The molecule has 2 nitrogen and oxygen atoms in total. The smallest absolute Gasteiger partial charge is 0.130 e. The molecule has 68 valence electrons. The van der Waals surface area contributed by atoms with E-state index in [0.717, 1.165) is 5.56 Å². The molecule has 1 unspecified atom stereocenters. The number of rotatable bonds is 1. The Morgan fingerprint density at radius 2 is 2.23 bits per heavy atom. The van der Waals surface area contributed by atoms with E-state index in [1.165, 1.54) is 6.07 Å². The van der Waals surface area contributed by atoms with Crippen molar-refractivity contribution in [2.75, 3.05) is 0 Å². The van der Waals surface area contributed by atoms with E-state index in [0.29, 0.717) is 4.90 Å². The number of hydrogen-bond acceptors (Lipinski definition) is 3. The number of aryl methyl sites for hydroxylation is 1. The zero-order valence-electron chi connectivity index (χ0n) is 7.08. The first-order chi connectivity index (χ1) is 6.06. The molecule has 0 aliphatic rings. The van der Waals surface area contributed by atoms with E-state index in [9.17, 15) is 4.39 Å². The summed E-state index contributed by atoms with van der Waals surface area (Å²) in [6, 6.07) is 3.69. The predicted molar refractivity (Wildman–Crippen MR) is 50.9 cm³/mol. The Hall–Kier alpha value is -1.05. The molecule has 1 aromatic carbocycles. The molecule has 1 rings (SSSR count). The molecule has 2 N–H and O–H groups in total. The van der Waals surface area contributed by atoms with Crippen molar-refractivity contribution in [3.05, 3.63) is 29.1 Å². The van der Waals surface area contributed by atoms with Gasteiger partial charge in [-0.2, -0.15) is 5.26 Å². The molecule has 0 heterocycles. The molecule has 0 radical (unpaired) electrons. The molecule has 0 aromatic heterocycles. The van der Waals surface area contributed by atoms with Crippen molar-refractivity contribution in [3.8, 4) is 6.07 Å². The normalized spacial score (nSPS) is 12.2. The minimum atomic E-state index is -0.910. The molecule has 0 saturated heterocycles. The maximum Gasteiger partial charge on any atom is 0.130 e. The molecule has 1 atom stereocenters. The average Bonchev–Trinajstić information content (AvgIpc) is 2.10. The van der Waals surface area contributed by atoms with E-state index in [4.69, 9.17) is 11.0 Å². The van der Waals surface area contributed by atoms with Crippen LogP contribution in [0.25, 0.3) is 0 Å². The Morgan fingerprint density at radius 3 is 2.77 bits per heavy atom. The Balaban J connectivity index is 3.25. The van der Waals surface area contributed by atoms with E-state index in [-0.39, 0.29) is 5.56 Å². The van der Waals surface area contributed by atoms with Gasteiger partial charge in [0.25, 0.3) is 0 Å². The lowest BCUT2D eigenvalue weighted by Crippen LogP contribution is -2.09. The van der Waals surface area contributed by atoms with Gasteiger partial charge in [-0.15, -0.1) is 12.6 Å². The third kappa shape index (κ3) is 2.00. The van der Waals surface area contributed by atoms with Crippen LogP contribution in [0.15, 0.2) is 17.0 Å². The molecule has 4 heteroatoms. The van der Waals surface area contributed by atoms with Crippen molar-refractivity contribution >= 4 is 12.6 Å². The molecular formula is C9H9FN2S. The third-order valence-electron chi connectivity index (χ3n) is 1.79. The highest BCUT2D eigenvalue weighted by molar-refractivity contribution is 7.80. The van der Waals surface area contributed by atoms with Crippen molar-refractivity contribution in [1.29, 1.82) is 5.26 Å². The minimum Gasteiger partial charge on any atom is -0.312 e. The number of nitriles is 1. The van der Waals surface area contributed by atoms with Crippen molar-refractivity contribution < 1.29 is 4.39 Å². The maximum atomic E-state index is 13.2. The van der Waals surface area contributed by atoms with Crippen LogP contribution in [0.3, 0.4) is 0 Å². The van der Waals surface area contributed by atoms with Gasteiger partial charge < -0.3 is 5.73 Å². The van der Waals surface area contributed by atoms with Gasteiger partial charge in [0.1, 0.15) is 11.9 Å². The highest BCUT2D eigenvalue weighted by atomic mass is 32.1. The van der Waals surface area contributed by atoms with Gasteiger partial charge in [0, 0.05) is 10.5 Å². The lowest BCUT2D eigenvalue weighted by atomic mass is 10.1. The van der Waals surface area contributed by atoms with Crippen LogP contribution in [-0.4, -0.2) is 0 Å². The Kier molecular flexibility index (Phi) is 2.91. The van der Waals surface area contributed by atoms with Crippen LogP contribution >= 0.6 is 12.6 Å². The van der Waals surface area contributed by atoms with Gasteiger partial charge >= 0.3 is 0 Å². The van der Waals surface area contributed by atoms with E-state index >= 15 is 0 Å². The van der Waals surface area contributed by atoms with Crippen LogP contribution in [0, 0.1) is 24.1 Å². The van der Waals surface area contributed by atoms with Crippen molar-refractivity contribution in [2.24, 2.45) is 5.73 Å². The summed E-state index contributed by atoms with van der Waals surface area (Å²) < 4.78 is 13.2. The number of thiol groups is 1. The number of benzene rings is 1. The number of hydrogen-bond donors (Lipinski definition) is 2. The number of nitrogens with zero attached hydrogens (tertiary/aromatic N) is 1. The molecule has 1 aromatic rings. The zero-order valence-corrected chi connectivity index (χ0v) is 7.98. The molecule has 0 aliphatic carbocycles. The maximum absolute atomic E-state index is 13.2. The second-order valence-corrected chi connectivity index (χ2v) is 3.25. The zero-order chi connectivity index (χ0) is 10.0. The van der Waals surface area contributed by atoms with Crippen molar-refractivity contribution in [1.82, 2.24) is 0 Å². The SMILES string of the molecule is Cc1cc(C(N)C#N)c(F)cc1S. The van der Waals surface area contributed by atoms with Crippen molar-refractivity contribution in [3.63, 3.8) is 0 Å². The summed E-state index contributed by atoms with van der Waals surface area (Å²) in [5, 5.41) is 8.51. The van der Waals surface area contributed by atoms with Crippen LogP contribution in [0.5, 0.6) is 0 Å². The van der Waals surface area contributed by atoms with Gasteiger partial charge in [0.2, 0.25) is 0 Å². The Labute approximate surface area is 81.6 Å². The summed E-state index contributed by atoms with van der Waals surface area (Å²) in [4.78, 5) is 0.561. The largest absolute Gasteiger partial charge is 0.312 e. The first-order valence-corrected chi connectivity index (χ1v) is 4.15. The van der Waals surface area contributed by atoms with Gasteiger partial charge in [0.05, 0.1) is 6.07 Å². The van der Waals surface area contributed by atoms with E-state index in [1.54, 1.807) is 19.1 Å². The fraction of sp³-hybridized carbons (Fsp3) is 0.222. The standard InChI is InChI=1S/C9H9FN2S/c1-5-2-6(8(12)4-11)7(10)3-9(5)13/h2-3,8,13H,12H2,1H3. The summed E-state index contributed by atoms with van der Waals surface area (Å²) >= 11 is 4.05. The Bertz CT molecular complexity index is 371. The average molecular weight is 196 g/mol. The quantitative estimate of drug-likeness (QED) is 0.674. The molecule has 0 bridgehead atoms. The van der Waals surface area contributed by atoms with Crippen LogP contribution < -0.4 is 5.73 Å². The molecule has 0 aliphatic heterocycles. The summed E-state index contributed by atoms with van der Waals surface area (Å²) in [6.45, 7) is 1.79. The van der Waals surface area contributed by atoms with Crippen LogP contribution in [0.1, 0.15) is 17.2 Å². The molecule has 0 saturated carbocycles. The highest BCUT2D eigenvalue weighted by Gasteiger charge is 2.11. The monoisotopic (exact) mass is 196 g/mol. The topological polar surface area (TPSA) is 49.8 Å². The fourth-order valence-electron chi connectivity index (χ4n) is 1.00. The highest BCUT2D eigenvalue weighted by Crippen LogP contribution is 2.21. The summed E-state index contributed by atoms with van der Waals surface area (Å²) in [6.07, 6.45) is 0. The van der Waals surface area contributed by atoms with E-state index < -0.39 is 11.9 Å². The second-order valence-electron chi connectivity index (χ2n) is 2.77. The van der Waals surface area contributed by atoms with Gasteiger partial charge in [-0.3, -0.25) is 0 Å². The van der Waals surface area contributed by atoms with Gasteiger partial charge in [-0.05, 0) is 24.6 Å². The predicted octanol–water partition coefficient (Wildman–Crippen LogP) is 1.95. The second kappa shape index (κ2) is 3.77. The summed E-state index contributed by atoms with van der Waals surface area (Å²) in [5.74, 6) is -0.482. The van der Waals surface area contributed by atoms with Gasteiger partial charge in [0.15, 0.2) is 0 Å². The first-order valence-electron chi connectivity index (χ1n) is 3.70. The van der Waals surface area contributed by atoms with Gasteiger partial charge in [-0.25, -0.2) is 4.39 Å². The Morgan fingerprint density at radius 1 is 1.62 bits per heavy atom. The number of halogens is 1. The lowest BCUT2D eigenvalue weighted by Gasteiger charge is -2.07. The third-order valence-corrected chi connectivity index (χ3v) is 2.27. The van der Waals surface area contributed by atoms with Crippen LogP contribution in [0.2, 0.25) is 0 Å². The minimum absolute atomic E-state index is 0.220. The summed E-state index contributed by atoms with van der Waals surface area (Å²) in [7, 11) is 0. The van der Waals surface area contributed by atoms with Crippen LogP contribution in [-0.2, 0) is 0 Å². The molecule has 0 spiro atoms.